The van der Waals surface area contributed by atoms with Crippen LogP contribution >= 0.6 is 23.2 Å². The van der Waals surface area contributed by atoms with Crippen LogP contribution in [-0.2, 0) is 20.7 Å². The summed E-state index contributed by atoms with van der Waals surface area (Å²) in [4.78, 5) is 61.4. The Hall–Kier alpha value is -4.03. The Morgan fingerprint density at radius 1 is 0.764 bits per heavy atom. The first-order valence-corrected chi connectivity index (χ1v) is 19.6. The van der Waals surface area contributed by atoms with Crippen LogP contribution in [0.3, 0.4) is 0 Å². The molecule has 2 aromatic rings. The van der Waals surface area contributed by atoms with Gasteiger partial charge in [-0.15, -0.1) is 0 Å². The normalized spacial score (nSPS) is 21.0. The molecule has 2 spiro atoms. The fourth-order valence-electron chi connectivity index (χ4n) is 7.67. The molecule has 2 aromatic carbocycles. The Kier molecular flexibility index (Phi) is 13.8. The number of nitrogens with two attached hydrogens (primary N) is 1. The van der Waals surface area contributed by atoms with E-state index in [2.05, 4.69) is 10.6 Å². The van der Waals surface area contributed by atoms with E-state index >= 15 is 0 Å². The second kappa shape index (κ2) is 17.4. The van der Waals surface area contributed by atoms with Crippen molar-refractivity contribution in [2.75, 3.05) is 46.0 Å². The van der Waals surface area contributed by atoms with Gasteiger partial charge < -0.3 is 35.6 Å². The summed E-state index contributed by atoms with van der Waals surface area (Å²) >= 11 is 12.1. The highest BCUT2D eigenvalue weighted by Crippen LogP contribution is 2.53. The van der Waals surface area contributed by atoms with Crippen molar-refractivity contribution >= 4 is 58.7 Å². The van der Waals surface area contributed by atoms with Crippen molar-refractivity contribution in [3.8, 4) is 0 Å². The minimum atomic E-state index is -0.452. The molecule has 2 saturated heterocycles. The van der Waals surface area contributed by atoms with Gasteiger partial charge in [-0.2, -0.15) is 0 Å². The van der Waals surface area contributed by atoms with Gasteiger partial charge in [-0.1, -0.05) is 29.3 Å². The van der Waals surface area contributed by atoms with Crippen LogP contribution in [0.5, 0.6) is 0 Å². The number of nitrogen functional groups attached to an aromatic ring is 1. The van der Waals surface area contributed by atoms with Crippen molar-refractivity contribution in [2.45, 2.75) is 97.7 Å². The van der Waals surface area contributed by atoms with Gasteiger partial charge in [0.15, 0.2) is 0 Å². The Balaban J connectivity index is 0.000000203. The van der Waals surface area contributed by atoms with Gasteiger partial charge in [-0.05, 0) is 121 Å². The minimum absolute atomic E-state index is 0.0913. The molecule has 4 fully saturated rings. The lowest BCUT2D eigenvalue weighted by molar-refractivity contribution is -0.132. The number of nitrogens with one attached hydrogen (secondary N) is 2. The molecule has 4 amide bonds. The van der Waals surface area contributed by atoms with Gasteiger partial charge >= 0.3 is 12.2 Å². The zero-order chi connectivity index (χ0) is 40.9. The number of Topliss-reactive ketones (excluding diaryl/α,β-unsaturated/α-hetero) is 1. The fraction of sp³-hybridized carbons (Fsp3) is 0.585. The largest absolute Gasteiger partial charge is 0.444 e. The third-order valence-electron chi connectivity index (χ3n) is 10.3. The number of amides is 4. The topological polar surface area (TPSA) is 160 Å². The van der Waals surface area contributed by atoms with Gasteiger partial charge in [-0.25, -0.2) is 9.59 Å². The zero-order valence-corrected chi connectivity index (χ0v) is 34.9. The maximum atomic E-state index is 12.3. The molecule has 0 unspecified atom stereocenters. The summed E-state index contributed by atoms with van der Waals surface area (Å²) in [6.45, 7) is 14.3. The van der Waals surface area contributed by atoms with E-state index in [1.54, 1.807) is 37.2 Å². The van der Waals surface area contributed by atoms with E-state index in [-0.39, 0.29) is 34.8 Å². The fourth-order valence-corrected chi connectivity index (χ4v) is 8.11. The summed E-state index contributed by atoms with van der Waals surface area (Å²) < 4.78 is 10.8. The average Bonchev–Trinajstić information content (AvgIpc) is 3.72. The van der Waals surface area contributed by atoms with E-state index in [9.17, 15) is 24.0 Å². The lowest BCUT2D eigenvalue weighted by Gasteiger charge is -2.45. The van der Waals surface area contributed by atoms with Crippen molar-refractivity contribution in [2.24, 2.45) is 16.7 Å². The first kappa shape index (κ1) is 43.7. The summed E-state index contributed by atoms with van der Waals surface area (Å²) in [7, 11) is 3.17. The first-order chi connectivity index (χ1) is 25.6. The van der Waals surface area contributed by atoms with Crippen LogP contribution in [-0.4, -0.2) is 91.1 Å². The number of benzene rings is 2. The van der Waals surface area contributed by atoms with Gasteiger partial charge in [0.2, 0.25) is 0 Å². The Morgan fingerprint density at radius 2 is 1.22 bits per heavy atom. The van der Waals surface area contributed by atoms with Gasteiger partial charge in [0, 0.05) is 74.7 Å². The van der Waals surface area contributed by atoms with Crippen LogP contribution < -0.4 is 16.4 Å². The maximum Gasteiger partial charge on any atom is 0.410 e. The number of halogens is 2. The molecule has 0 bridgehead atoms. The number of anilines is 1. The second-order valence-corrected chi connectivity index (χ2v) is 18.2. The molecule has 2 aliphatic heterocycles. The van der Waals surface area contributed by atoms with Crippen LogP contribution in [0, 0.1) is 16.7 Å². The molecular formula is C41H57Cl2N5O7. The number of likely N-dealkylation sites (tertiary alicyclic amines) is 2. The SMILES string of the molecule is CC(C)(C)OC(=O)N1CCC2(CC(=O)C2)C1.CNC(=O)c1ccc(CC2CC3(CCN(C(=O)OC(C)(C)C)C3)C2)c(Cl)c1.CNC(=O)c1ccc(N)c(Cl)c1. The molecule has 6 rings (SSSR count). The molecule has 0 aromatic heterocycles. The van der Waals surface area contributed by atoms with E-state index in [0.717, 1.165) is 57.3 Å². The number of hydrogen-bond donors (Lipinski definition) is 3. The number of ketones is 1. The van der Waals surface area contributed by atoms with E-state index in [4.69, 9.17) is 38.4 Å². The predicted octanol–water partition coefficient (Wildman–Crippen LogP) is 7.54. The Bertz CT molecular complexity index is 1760. The van der Waals surface area contributed by atoms with Crippen molar-refractivity contribution < 1.29 is 33.4 Å². The van der Waals surface area contributed by atoms with Crippen molar-refractivity contribution in [3.05, 3.63) is 63.1 Å². The highest BCUT2D eigenvalue weighted by molar-refractivity contribution is 6.33. The van der Waals surface area contributed by atoms with Crippen molar-refractivity contribution in [1.29, 1.82) is 0 Å². The highest BCUT2D eigenvalue weighted by atomic mass is 35.5. The van der Waals surface area contributed by atoms with Gasteiger partial charge in [0.05, 0.1) is 10.7 Å². The highest BCUT2D eigenvalue weighted by Gasteiger charge is 2.50. The predicted molar refractivity (Wildman–Crippen MR) is 214 cm³/mol. The zero-order valence-electron chi connectivity index (χ0n) is 33.4. The number of hydrogen-bond acceptors (Lipinski definition) is 8. The number of carbonyl (C=O) groups excluding carboxylic acids is 5. The molecule has 12 nitrogen and oxygen atoms in total. The third kappa shape index (κ3) is 12.0. The summed E-state index contributed by atoms with van der Waals surface area (Å²) in [6.07, 6.45) is 5.97. The van der Waals surface area contributed by atoms with Crippen molar-refractivity contribution in [1.82, 2.24) is 20.4 Å². The summed E-state index contributed by atoms with van der Waals surface area (Å²) in [5.74, 6) is 0.606. The van der Waals surface area contributed by atoms with E-state index < -0.39 is 11.2 Å². The average molecular weight is 803 g/mol. The first-order valence-electron chi connectivity index (χ1n) is 18.8. The molecule has 2 saturated carbocycles. The third-order valence-corrected chi connectivity index (χ3v) is 11.0. The molecule has 2 heterocycles. The van der Waals surface area contributed by atoms with Gasteiger partial charge in [0.25, 0.3) is 11.8 Å². The van der Waals surface area contributed by atoms with E-state index in [1.807, 2.05) is 58.6 Å². The molecule has 55 heavy (non-hydrogen) atoms. The molecule has 302 valence electrons. The molecule has 14 heteroatoms. The number of rotatable bonds is 4. The standard InChI is InChI=1S/C21H29ClN2O3.C12H19NO3.C8H9ClN2O/c1-20(2,3)27-19(26)24-8-7-21(13-24)11-14(12-21)9-15-5-6-16(10-17(15)22)18(25)23-4;1-11(2,3)16-10(15)13-5-4-12(8-13)6-9(14)7-12;1-11-8(12)5-2-3-7(10)6(9)4-5/h5-6,10,14H,7-9,11-13H2,1-4H3,(H,23,25);4-8H2,1-3H3;2-4H,10H2,1H3,(H,11,12). The van der Waals surface area contributed by atoms with Crippen LogP contribution in [0.1, 0.15) is 106 Å². The second-order valence-electron chi connectivity index (χ2n) is 17.4. The molecule has 4 aliphatic rings. The Labute approximate surface area is 335 Å². The summed E-state index contributed by atoms with van der Waals surface area (Å²) in [5.41, 5.74) is 7.57. The van der Waals surface area contributed by atoms with Crippen LogP contribution in [0.2, 0.25) is 10.0 Å². The van der Waals surface area contributed by atoms with Crippen LogP contribution in [0.15, 0.2) is 36.4 Å². The molecule has 0 atom stereocenters. The number of ether oxygens (including phenoxy) is 2. The molecular weight excluding hydrogens is 745 g/mol. The molecule has 4 N–H and O–H groups in total. The minimum Gasteiger partial charge on any atom is -0.444 e. The maximum absolute atomic E-state index is 12.3. The van der Waals surface area contributed by atoms with Crippen molar-refractivity contribution in [3.63, 3.8) is 0 Å². The lowest BCUT2D eigenvalue weighted by atomic mass is 9.60. The smallest absolute Gasteiger partial charge is 0.410 e. The van der Waals surface area contributed by atoms with Gasteiger partial charge in [-0.3, -0.25) is 14.4 Å². The number of carbonyl (C=O) groups is 5. The number of nitrogens with zero attached hydrogens (tertiary/aromatic N) is 2. The lowest BCUT2D eigenvalue weighted by Crippen LogP contribution is -2.42. The Morgan fingerprint density at radius 3 is 1.65 bits per heavy atom. The molecule has 2 aliphatic carbocycles. The van der Waals surface area contributed by atoms with E-state index in [1.165, 1.54) is 6.07 Å². The quantitative estimate of drug-likeness (QED) is 0.268. The van der Waals surface area contributed by atoms with Crippen LogP contribution in [0.25, 0.3) is 0 Å². The van der Waals surface area contributed by atoms with Crippen LogP contribution in [0.4, 0.5) is 15.3 Å². The summed E-state index contributed by atoms with van der Waals surface area (Å²) in [6, 6.07) is 10.3. The van der Waals surface area contributed by atoms with Gasteiger partial charge in [0.1, 0.15) is 17.0 Å². The van der Waals surface area contributed by atoms with E-state index in [0.29, 0.717) is 57.9 Å². The monoisotopic (exact) mass is 801 g/mol. The summed E-state index contributed by atoms with van der Waals surface area (Å²) in [5, 5.41) is 6.15. The molecule has 0 radical (unpaired) electrons.